The molecule has 2 atom stereocenters. The summed E-state index contributed by atoms with van der Waals surface area (Å²) in [5.41, 5.74) is 0.897. The molecule has 1 saturated heterocycles. The summed E-state index contributed by atoms with van der Waals surface area (Å²) in [4.78, 5) is 24.5. The minimum atomic E-state index is -1.23. The predicted molar refractivity (Wildman–Crippen MR) is 73.9 cm³/mol. The molecule has 0 saturated carbocycles. The maximum Gasteiger partial charge on any atom is 0.230 e. The van der Waals surface area contributed by atoms with Crippen LogP contribution in [0, 0.1) is 0 Å². The minimum Gasteiger partial charge on any atom is -0.543 e. The average molecular weight is 292 g/mol. The van der Waals surface area contributed by atoms with Gasteiger partial charge >= 0.3 is 0 Å². The second-order valence-electron chi connectivity index (χ2n) is 5.56. The highest BCUT2D eigenvalue weighted by molar-refractivity contribution is 8.00. The molecule has 3 rings (SSSR count). The van der Waals surface area contributed by atoms with Crippen LogP contribution >= 0.6 is 11.8 Å². The Kier molecular flexibility index (Phi) is 3.22. The quantitative estimate of drug-likeness (QED) is 0.535. The van der Waals surface area contributed by atoms with Crippen molar-refractivity contribution in [2.75, 3.05) is 25.9 Å². The zero-order chi connectivity index (χ0) is 14.3. The fraction of sp³-hybridized carbons (Fsp3) is 0.429. The Labute approximate surface area is 121 Å². The van der Waals surface area contributed by atoms with Crippen molar-refractivity contribution in [3.8, 4) is 0 Å². The van der Waals surface area contributed by atoms with E-state index in [1.165, 1.54) is 4.90 Å². The lowest BCUT2D eigenvalue weighted by Gasteiger charge is -2.46. The maximum atomic E-state index is 11.7. The largest absolute Gasteiger partial charge is 0.543 e. The Morgan fingerprint density at radius 1 is 1.55 bits per heavy atom. The summed E-state index contributed by atoms with van der Waals surface area (Å²) >= 11 is 1.64. The molecule has 0 spiro atoms. The maximum absolute atomic E-state index is 11.7. The number of nitrogens with zero attached hydrogens (tertiary/aromatic N) is 2. The van der Waals surface area contributed by atoms with Crippen molar-refractivity contribution in [3.05, 3.63) is 35.7 Å². The predicted octanol–water partition coefficient (Wildman–Crippen LogP) is -0.174. The van der Waals surface area contributed by atoms with E-state index >= 15 is 0 Å². The highest BCUT2D eigenvalue weighted by Gasteiger charge is 2.44. The van der Waals surface area contributed by atoms with Crippen LogP contribution in [0.4, 0.5) is 0 Å². The Morgan fingerprint density at radius 2 is 2.35 bits per heavy atom. The second kappa shape index (κ2) is 4.79. The number of rotatable bonds is 3. The first-order chi connectivity index (χ1) is 9.50. The number of allylic oxidation sites excluding steroid dienone is 2. The molecule has 1 amide bonds. The van der Waals surface area contributed by atoms with Crippen LogP contribution in [0.5, 0.6) is 0 Å². The number of carbonyl (C=O) groups is 2. The van der Waals surface area contributed by atoms with Crippen LogP contribution in [-0.2, 0) is 9.59 Å². The standard InChI is InChI=1S/C14H16N2O3S/c1-16(5-3-2-4-6-16)8-10-9-20-12-7-11(17)15(12)13(10)14(18)19/h2-5,12H,6-9H2,1H3. The van der Waals surface area contributed by atoms with Crippen molar-refractivity contribution in [2.24, 2.45) is 0 Å². The van der Waals surface area contributed by atoms with E-state index in [2.05, 4.69) is 19.3 Å². The molecule has 0 bridgehead atoms. The van der Waals surface area contributed by atoms with E-state index < -0.39 is 5.97 Å². The van der Waals surface area contributed by atoms with Crippen LogP contribution in [0.3, 0.4) is 0 Å². The third kappa shape index (κ3) is 2.19. The average Bonchev–Trinajstić information content (AvgIpc) is 2.39. The van der Waals surface area contributed by atoms with Crippen molar-refractivity contribution in [1.29, 1.82) is 0 Å². The molecule has 0 aromatic rings. The van der Waals surface area contributed by atoms with Crippen LogP contribution in [0.2, 0.25) is 0 Å². The molecule has 3 aliphatic rings. The van der Waals surface area contributed by atoms with Gasteiger partial charge in [0.15, 0.2) is 0 Å². The lowest BCUT2D eigenvalue weighted by Crippen LogP contribution is -2.57. The first kappa shape index (κ1) is 13.5. The molecule has 1 fully saturated rings. The van der Waals surface area contributed by atoms with E-state index in [9.17, 15) is 14.7 Å². The van der Waals surface area contributed by atoms with E-state index in [-0.39, 0.29) is 17.0 Å². The molecule has 0 N–H and O–H groups in total. The van der Waals surface area contributed by atoms with Gasteiger partial charge in [-0.05, 0) is 12.2 Å². The van der Waals surface area contributed by atoms with E-state index in [0.29, 0.717) is 23.2 Å². The summed E-state index contributed by atoms with van der Waals surface area (Å²) in [5, 5.41) is 11.4. The zero-order valence-corrected chi connectivity index (χ0v) is 12.1. The normalized spacial score (nSPS) is 32.1. The summed E-state index contributed by atoms with van der Waals surface area (Å²) in [6.45, 7) is 1.41. The first-order valence-electron chi connectivity index (χ1n) is 6.56. The van der Waals surface area contributed by atoms with Gasteiger partial charge in [0.1, 0.15) is 13.1 Å². The molecule has 0 radical (unpaired) electrons. The summed E-state index contributed by atoms with van der Waals surface area (Å²) in [7, 11) is 2.05. The highest BCUT2D eigenvalue weighted by atomic mass is 32.2. The number of hydrogen-bond acceptors (Lipinski definition) is 4. The fourth-order valence-corrected chi connectivity index (χ4v) is 4.09. The molecule has 6 heteroatoms. The molecule has 3 heterocycles. The second-order valence-corrected chi connectivity index (χ2v) is 6.73. The molecule has 20 heavy (non-hydrogen) atoms. The lowest BCUT2D eigenvalue weighted by molar-refractivity contribution is -0.849. The number of amides is 1. The summed E-state index contributed by atoms with van der Waals surface area (Å²) in [5.74, 6) is -0.694. The SMILES string of the molecule is C[N+]1(CC2=C(C(=O)[O-])N3C(=O)CC3SC2)C=CC=CC1. The molecule has 2 unspecified atom stereocenters. The van der Waals surface area contributed by atoms with Gasteiger partial charge in [0.2, 0.25) is 5.91 Å². The number of β-lactam (4-membered cyclic amide) rings is 1. The topological polar surface area (TPSA) is 60.4 Å². The molecule has 0 aliphatic carbocycles. The number of carbonyl (C=O) groups excluding carboxylic acids is 2. The van der Waals surface area contributed by atoms with Gasteiger partial charge in [-0.3, -0.25) is 14.2 Å². The van der Waals surface area contributed by atoms with Gasteiger partial charge < -0.3 is 9.90 Å². The number of fused-ring (bicyclic) bond motifs is 1. The molecular weight excluding hydrogens is 276 g/mol. The third-order valence-electron chi connectivity index (χ3n) is 3.89. The van der Waals surface area contributed by atoms with E-state index in [1.807, 2.05) is 12.2 Å². The van der Waals surface area contributed by atoms with Crippen LogP contribution in [-0.4, -0.2) is 52.5 Å². The Morgan fingerprint density at radius 3 is 2.95 bits per heavy atom. The number of hydrogen-bond donors (Lipinski definition) is 0. The first-order valence-corrected chi connectivity index (χ1v) is 7.61. The van der Waals surface area contributed by atoms with Gasteiger partial charge in [0.25, 0.3) is 0 Å². The van der Waals surface area contributed by atoms with Crippen molar-refractivity contribution < 1.29 is 19.2 Å². The van der Waals surface area contributed by atoms with Crippen molar-refractivity contribution >= 4 is 23.6 Å². The van der Waals surface area contributed by atoms with Gasteiger partial charge in [0, 0.05) is 11.3 Å². The molecule has 5 nitrogen and oxygen atoms in total. The zero-order valence-electron chi connectivity index (χ0n) is 11.2. The monoisotopic (exact) mass is 292 g/mol. The van der Waals surface area contributed by atoms with Crippen LogP contribution in [0.25, 0.3) is 0 Å². The van der Waals surface area contributed by atoms with Crippen LogP contribution in [0.1, 0.15) is 6.42 Å². The van der Waals surface area contributed by atoms with Crippen LogP contribution < -0.4 is 5.11 Å². The van der Waals surface area contributed by atoms with Crippen molar-refractivity contribution in [1.82, 2.24) is 4.90 Å². The number of likely N-dealkylation sites (N-methyl/N-ethyl adjacent to an activating group) is 1. The fourth-order valence-electron chi connectivity index (χ4n) is 2.84. The van der Waals surface area contributed by atoms with Crippen molar-refractivity contribution in [3.63, 3.8) is 0 Å². The van der Waals surface area contributed by atoms with E-state index in [0.717, 1.165) is 12.1 Å². The van der Waals surface area contributed by atoms with Gasteiger partial charge in [-0.2, -0.15) is 0 Å². The molecule has 3 aliphatic heterocycles. The van der Waals surface area contributed by atoms with Gasteiger partial charge in [0.05, 0.1) is 36.7 Å². The lowest BCUT2D eigenvalue weighted by atomic mass is 10.1. The molecule has 0 aromatic heterocycles. The molecular formula is C14H16N2O3S. The Bertz CT molecular complexity index is 567. The van der Waals surface area contributed by atoms with Crippen LogP contribution in [0.15, 0.2) is 35.7 Å². The molecule has 106 valence electrons. The smallest absolute Gasteiger partial charge is 0.230 e. The Hall–Kier alpha value is -1.53. The summed E-state index contributed by atoms with van der Waals surface area (Å²) < 4.78 is 0.621. The number of quaternary nitrogens is 1. The van der Waals surface area contributed by atoms with E-state index in [4.69, 9.17) is 0 Å². The number of aliphatic carboxylic acids is 1. The van der Waals surface area contributed by atoms with Gasteiger partial charge in [-0.25, -0.2) is 0 Å². The minimum absolute atomic E-state index is 0.0127. The number of thioether (sulfide) groups is 1. The highest BCUT2D eigenvalue weighted by Crippen LogP contribution is 2.40. The van der Waals surface area contributed by atoms with E-state index in [1.54, 1.807) is 11.8 Å². The summed E-state index contributed by atoms with van der Waals surface area (Å²) in [6.07, 6.45) is 8.50. The van der Waals surface area contributed by atoms with Gasteiger partial charge in [-0.1, -0.05) is 6.08 Å². The third-order valence-corrected chi connectivity index (χ3v) is 5.17. The number of carboxylic acid groups (broad SMARTS) is 1. The molecule has 0 aromatic carbocycles. The summed E-state index contributed by atoms with van der Waals surface area (Å²) in [6, 6.07) is 0. The number of carboxylic acids is 1. The Balaban J connectivity index is 1.91. The van der Waals surface area contributed by atoms with Gasteiger partial charge in [-0.15, -0.1) is 11.8 Å². The van der Waals surface area contributed by atoms with Crippen molar-refractivity contribution in [2.45, 2.75) is 11.8 Å².